The first kappa shape index (κ1) is 18.5. The van der Waals surface area contributed by atoms with Gasteiger partial charge in [0.1, 0.15) is 11.4 Å². The Kier molecular flexibility index (Phi) is 5.57. The van der Waals surface area contributed by atoms with E-state index in [2.05, 4.69) is 20.4 Å². The third-order valence-corrected chi connectivity index (χ3v) is 5.78. The first-order chi connectivity index (χ1) is 13.7. The summed E-state index contributed by atoms with van der Waals surface area (Å²) in [4.78, 5) is 15.1. The molecule has 4 rings (SSSR count). The molecule has 0 bridgehead atoms. The number of aromatic nitrogens is 3. The summed E-state index contributed by atoms with van der Waals surface area (Å²) in [7, 11) is 1.60. The van der Waals surface area contributed by atoms with Crippen molar-refractivity contribution in [2.45, 2.75) is 25.7 Å². The van der Waals surface area contributed by atoms with Crippen molar-refractivity contribution in [2.75, 3.05) is 30.4 Å². The topological polar surface area (TPSA) is 72.3 Å². The van der Waals surface area contributed by atoms with Crippen LogP contribution in [-0.2, 0) is 0 Å². The fourth-order valence-corrected chi connectivity index (χ4v) is 4.22. The van der Waals surface area contributed by atoms with Crippen molar-refractivity contribution in [1.82, 2.24) is 14.8 Å². The monoisotopic (exact) mass is 397 g/mol. The molecule has 0 unspecified atom stereocenters. The molecule has 7 nitrogen and oxygen atoms in total. The molecular weight excluding hydrogens is 374 g/mol. The van der Waals surface area contributed by atoms with Crippen molar-refractivity contribution < 1.29 is 9.53 Å². The van der Waals surface area contributed by atoms with E-state index < -0.39 is 0 Å². The highest BCUT2D eigenvalue weighted by Gasteiger charge is 2.18. The number of nitrogens with zero attached hydrogens (tertiary/aromatic N) is 4. The molecule has 1 aliphatic heterocycles. The number of anilines is 2. The Morgan fingerprint density at radius 1 is 1.07 bits per heavy atom. The normalized spacial score (nSPS) is 14.5. The highest BCUT2D eigenvalue weighted by Crippen LogP contribution is 2.27. The zero-order chi connectivity index (χ0) is 19.3. The van der Waals surface area contributed by atoms with Crippen LogP contribution in [0.15, 0.2) is 42.6 Å². The summed E-state index contributed by atoms with van der Waals surface area (Å²) >= 11 is 1.52. The predicted octanol–water partition coefficient (Wildman–Crippen LogP) is 3.97. The number of nitrogens with one attached hydrogen (secondary N) is 1. The number of carbonyl (C=O) groups is 1. The number of hydrogen-bond donors (Lipinski definition) is 1. The van der Waals surface area contributed by atoms with Crippen LogP contribution in [0.4, 0.5) is 10.8 Å². The van der Waals surface area contributed by atoms with Crippen LogP contribution in [0.3, 0.4) is 0 Å². The van der Waals surface area contributed by atoms with Gasteiger partial charge in [-0.15, -0.1) is 10.2 Å². The Hall–Kier alpha value is -2.87. The quantitative estimate of drug-likeness (QED) is 0.705. The molecule has 0 radical (unpaired) electrons. The third kappa shape index (κ3) is 4.01. The van der Waals surface area contributed by atoms with E-state index in [1.54, 1.807) is 23.8 Å². The molecule has 0 aliphatic carbocycles. The van der Waals surface area contributed by atoms with Gasteiger partial charge in [-0.2, -0.15) is 0 Å². The largest absolute Gasteiger partial charge is 0.497 e. The number of carbonyl (C=O) groups excluding carboxylic acids is 1. The number of methoxy groups -OCH3 is 1. The van der Waals surface area contributed by atoms with E-state index in [0.717, 1.165) is 18.2 Å². The molecular formula is C20H23N5O2S. The van der Waals surface area contributed by atoms with Crippen LogP contribution in [0.5, 0.6) is 5.75 Å². The second-order valence-corrected chi connectivity index (χ2v) is 7.65. The fraction of sp³-hybridized carbons (Fsp3) is 0.350. The number of amides is 1. The molecule has 28 heavy (non-hydrogen) atoms. The van der Waals surface area contributed by atoms with Crippen LogP contribution < -0.4 is 15.0 Å². The SMILES string of the molecule is COc1cccc(NC(=O)c2cccn2-c2nnc(N3CCCCCC3)s2)c1. The number of benzene rings is 1. The molecule has 0 saturated carbocycles. The van der Waals surface area contributed by atoms with Gasteiger partial charge in [-0.25, -0.2) is 0 Å². The van der Waals surface area contributed by atoms with Gasteiger partial charge in [0, 0.05) is 31.0 Å². The van der Waals surface area contributed by atoms with Gasteiger partial charge in [0.25, 0.3) is 5.91 Å². The molecule has 3 aromatic rings. The van der Waals surface area contributed by atoms with Crippen LogP contribution in [0.25, 0.3) is 5.13 Å². The zero-order valence-corrected chi connectivity index (χ0v) is 16.6. The van der Waals surface area contributed by atoms with Crippen molar-refractivity contribution in [2.24, 2.45) is 0 Å². The van der Waals surface area contributed by atoms with E-state index in [1.165, 1.54) is 37.0 Å². The van der Waals surface area contributed by atoms with Gasteiger partial charge in [0.15, 0.2) is 0 Å². The molecule has 0 spiro atoms. The van der Waals surface area contributed by atoms with Gasteiger partial charge in [0.05, 0.1) is 7.11 Å². The lowest BCUT2D eigenvalue weighted by molar-refractivity contribution is 0.102. The second-order valence-electron chi connectivity index (χ2n) is 6.72. The van der Waals surface area contributed by atoms with Crippen LogP contribution in [0.1, 0.15) is 36.2 Å². The van der Waals surface area contributed by atoms with Gasteiger partial charge in [-0.3, -0.25) is 9.36 Å². The number of rotatable bonds is 5. The van der Waals surface area contributed by atoms with E-state index >= 15 is 0 Å². The van der Waals surface area contributed by atoms with Crippen LogP contribution in [-0.4, -0.2) is 40.9 Å². The van der Waals surface area contributed by atoms with Crippen molar-refractivity contribution >= 4 is 28.1 Å². The number of ether oxygens (including phenoxy) is 1. The number of hydrogen-bond acceptors (Lipinski definition) is 6. The molecule has 1 aromatic carbocycles. The van der Waals surface area contributed by atoms with E-state index in [9.17, 15) is 4.79 Å². The summed E-state index contributed by atoms with van der Waals surface area (Å²) in [5.41, 5.74) is 1.20. The summed E-state index contributed by atoms with van der Waals surface area (Å²) < 4.78 is 7.00. The van der Waals surface area contributed by atoms with E-state index in [4.69, 9.17) is 4.74 Å². The average Bonchev–Trinajstić information content (AvgIpc) is 3.32. The maximum absolute atomic E-state index is 12.8. The summed E-state index contributed by atoms with van der Waals surface area (Å²) in [6.07, 6.45) is 6.76. The van der Waals surface area contributed by atoms with Gasteiger partial charge < -0.3 is 15.0 Å². The molecule has 1 N–H and O–H groups in total. The third-order valence-electron chi connectivity index (χ3n) is 4.80. The zero-order valence-electron chi connectivity index (χ0n) is 15.8. The molecule has 2 aromatic heterocycles. The Labute approximate surface area is 168 Å². The predicted molar refractivity (Wildman–Crippen MR) is 111 cm³/mol. The fourth-order valence-electron chi connectivity index (χ4n) is 3.32. The van der Waals surface area contributed by atoms with Gasteiger partial charge in [0.2, 0.25) is 10.3 Å². The molecule has 1 saturated heterocycles. The summed E-state index contributed by atoms with van der Waals surface area (Å²) in [6, 6.07) is 10.9. The maximum atomic E-state index is 12.8. The van der Waals surface area contributed by atoms with Gasteiger partial charge in [-0.05, 0) is 37.1 Å². The Bertz CT molecular complexity index is 943. The average molecular weight is 398 g/mol. The molecule has 1 amide bonds. The molecule has 0 atom stereocenters. The Morgan fingerprint density at radius 2 is 1.86 bits per heavy atom. The smallest absolute Gasteiger partial charge is 0.272 e. The lowest BCUT2D eigenvalue weighted by Crippen LogP contribution is -2.23. The second kappa shape index (κ2) is 8.43. The summed E-state index contributed by atoms with van der Waals surface area (Å²) in [5.74, 6) is 0.490. The molecule has 3 heterocycles. The van der Waals surface area contributed by atoms with Crippen LogP contribution in [0.2, 0.25) is 0 Å². The first-order valence-corrected chi connectivity index (χ1v) is 10.3. The molecule has 146 valence electrons. The van der Waals surface area contributed by atoms with Crippen LogP contribution >= 0.6 is 11.3 Å². The minimum absolute atomic E-state index is 0.204. The van der Waals surface area contributed by atoms with Crippen molar-refractivity contribution in [3.8, 4) is 10.9 Å². The minimum Gasteiger partial charge on any atom is -0.497 e. The van der Waals surface area contributed by atoms with Gasteiger partial charge >= 0.3 is 0 Å². The van der Waals surface area contributed by atoms with Crippen molar-refractivity contribution in [3.63, 3.8) is 0 Å². The van der Waals surface area contributed by atoms with Crippen LogP contribution in [0, 0.1) is 0 Å². The van der Waals surface area contributed by atoms with Crippen molar-refractivity contribution in [1.29, 1.82) is 0 Å². The summed E-state index contributed by atoms with van der Waals surface area (Å²) in [5, 5.41) is 13.2. The molecule has 1 fully saturated rings. The Balaban J connectivity index is 1.53. The van der Waals surface area contributed by atoms with E-state index in [1.807, 2.05) is 30.5 Å². The summed E-state index contributed by atoms with van der Waals surface area (Å²) in [6.45, 7) is 2.03. The highest BCUT2D eigenvalue weighted by atomic mass is 32.1. The lowest BCUT2D eigenvalue weighted by atomic mass is 10.2. The van der Waals surface area contributed by atoms with Crippen molar-refractivity contribution in [3.05, 3.63) is 48.3 Å². The maximum Gasteiger partial charge on any atom is 0.272 e. The minimum atomic E-state index is -0.204. The first-order valence-electron chi connectivity index (χ1n) is 9.46. The van der Waals surface area contributed by atoms with E-state index in [-0.39, 0.29) is 5.91 Å². The van der Waals surface area contributed by atoms with E-state index in [0.29, 0.717) is 22.3 Å². The molecule has 1 aliphatic rings. The molecule has 8 heteroatoms. The highest BCUT2D eigenvalue weighted by molar-refractivity contribution is 7.17. The standard InChI is InChI=1S/C20H23N5O2S/c1-27-16-9-6-8-15(14-16)21-18(26)17-10-7-13-25(17)20-23-22-19(28-20)24-11-4-2-3-5-12-24/h6-10,13-14H,2-5,11-12H2,1H3,(H,21,26). The van der Waals surface area contributed by atoms with Gasteiger partial charge in [-0.1, -0.05) is 30.2 Å². The lowest BCUT2D eigenvalue weighted by Gasteiger charge is -2.17. The Morgan fingerprint density at radius 3 is 2.64 bits per heavy atom.